The standard InChI is InChI=1S/C21H33NO3/c1-6-12-25-21(10-8-15(3)9-11-21)20(23)22-18-13-16(4)19(24-7-2)17(5)14-18/h13-15H,6-12H2,1-5H3,(H,22,23). The van der Waals surface area contributed by atoms with Gasteiger partial charge in [-0.05, 0) is 82.1 Å². The lowest BCUT2D eigenvalue weighted by Gasteiger charge is -2.38. The van der Waals surface area contributed by atoms with E-state index in [4.69, 9.17) is 9.47 Å². The second-order valence-corrected chi connectivity index (χ2v) is 7.35. The summed E-state index contributed by atoms with van der Waals surface area (Å²) in [4.78, 5) is 13.1. The summed E-state index contributed by atoms with van der Waals surface area (Å²) in [6, 6.07) is 3.96. The molecule has 0 bridgehead atoms. The smallest absolute Gasteiger partial charge is 0.256 e. The van der Waals surface area contributed by atoms with Crippen molar-refractivity contribution in [3.8, 4) is 5.75 Å². The number of benzene rings is 1. The van der Waals surface area contributed by atoms with E-state index >= 15 is 0 Å². The van der Waals surface area contributed by atoms with Gasteiger partial charge in [-0.25, -0.2) is 0 Å². The van der Waals surface area contributed by atoms with Gasteiger partial charge in [-0.3, -0.25) is 4.79 Å². The summed E-state index contributed by atoms with van der Waals surface area (Å²) in [7, 11) is 0. The average Bonchev–Trinajstić information content (AvgIpc) is 2.58. The van der Waals surface area contributed by atoms with Gasteiger partial charge in [0.2, 0.25) is 0 Å². The van der Waals surface area contributed by atoms with E-state index in [1.807, 2.05) is 32.9 Å². The van der Waals surface area contributed by atoms with Crippen LogP contribution in [0.5, 0.6) is 5.75 Å². The lowest BCUT2D eigenvalue weighted by Crippen LogP contribution is -2.48. The molecular weight excluding hydrogens is 314 g/mol. The van der Waals surface area contributed by atoms with E-state index in [2.05, 4.69) is 19.2 Å². The number of carbonyl (C=O) groups excluding carboxylic acids is 1. The first-order chi connectivity index (χ1) is 11.9. The normalized spacial score (nSPS) is 23.3. The van der Waals surface area contributed by atoms with Crippen LogP contribution in [0.15, 0.2) is 12.1 Å². The molecular formula is C21H33NO3. The SMILES string of the molecule is CCCOC1(C(=O)Nc2cc(C)c(OCC)c(C)c2)CCC(C)CC1. The summed E-state index contributed by atoms with van der Waals surface area (Å²) in [5.41, 5.74) is 2.22. The number of amides is 1. The maximum absolute atomic E-state index is 13.1. The molecule has 25 heavy (non-hydrogen) atoms. The summed E-state index contributed by atoms with van der Waals surface area (Å²) in [5, 5.41) is 3.11. The van der Waals surface area contributed by atoms with Crippen LogP contribution in [0.25, 0.3) is 0 Å². The highest BCUT2D eigenvalue weighted by Gasteiger charge is 2.42. The van der Waals surface area contributed by atoms with Gasteiger partial charge in [0.25, 0.3) is 5.91 Å². The third kappa shape index (κ3) is 4.75. The minimum atomic E-state index is -0.678. The molecule has 1 amide bonds. The first-order valence-electron chi connectivity index (χ1n) is 9.61. The van der Waals surface area contributed by atoms with Gasteiger partial charge in [0, 0.05) is 12.3 Å². The first-order valence-corrected chi connectivity index (χ1v) is 9.61. The van der Waals surface area contributed by atoms with E-state index in [1.165, 1.54) is 0 Å². The van der Waals surface area contributed by atoms with Crippen LogP contribution in [0.2, 0.25) is 0 Å². The molecule has 1 aliphatic carbocycles. The van der Waals surface area contributed by atoms with Crippen LogP contribution in [-0.2, 0) is 9.53 Å². The van der Waals surface area contributed by atoms with E-state index < -0.39 is 5.60 Å². The zero-order valence-corrected chi connectivity index (χ0v) is 16.4. The molecule has 4 heteroatoms. The molecule has 0 heterocycles. The number of aryl methyl sites for hydroxylation is 2. The molecule has 0 aromatic heterocycles. The summed E-state index contributed by atoms with van der Waals surface area (Å²) in [6.07, 6.45) is 4.60. The number of carbonyl (C=O) groups is 1. The molecule has 1 saturated carbocycles. The largest absolute Gasteiger partial charge is 0.493 e. The minimum absolute atomic E-state index is 0.00388. The molecule has 1 aromatic rings. The number of hydrogen-bond donors (Lipinski definition) is 1. The Morgan fingerprint density at radius 1 is 1.20 bits per heavy atom. The average molecular weight is 347 g/mol. The number of ether oxygens (including phenoxy) is 2. The summed E-state index contributed by atoms with van der Waals surface area (Å²) in [6.45, 7) is 11.6. The third-order valence-corrected chi connectivity index (χ3v) is 5.09. The Morgan fingerprint density at radius 3 is 2.32 bits per heavy atom. The molecule has 1 aromatic carbocycles. The number of rotatable bonds is 7. The molecule has 1 N–H and O–H groups in total. The molecule has 0 aliphatic heterocycles. The van der Waals surface area contributed by atoms with Gasteiger partial charge in [0.05, 0.1) is 6.61 Å². The fraction of sp³-hybridized carbons (Fsp3) is 0.667. The van der Waals surface area contributed by atoms with Crippen molar-refractivity contribution in [3.63, 3.8) is 0 Å². The Balaban J connectivity index is 2.17. The second kappa shape index (κ2) is 8.70. The van der Waals surface area contributed by atoms with Crippen LogP contribution < -0.4 is 10.1 Å². The number of nitrogens with one attached hydrogen (secondary N) is 1. The van der Waals surface area contributed by atoms with Crippen LogP contribution in [-0.4, -0.2) is 24.7 Å². The third-order valence-electron chi connectivity index (χ3n) is 5.09. The highest BCUT2D eigenvalue weighted by molar-refractivity contribution is 5.97. The quantitative estimate of drug-likeness (QED) is 0.753. The van der Waals surface area contributed by atoms with Crippen molar-refractivity contribution in [3.05, 3.63) is 23.3 Å². The highest BCUT2D eigenvalue weighted by Crippen LogP contribution is 2.36. The van der Waals surface area contributed by atoms with Crippen LogP contribution in [0.4, 0.5) is 5.69 Å². The summed E-state index contributed by atoms with van der Waals surface area (Å²) < 4.78 is 11.8. The van der Waals surface area contributed by atoms with Gasteiger partial charge in [0.15, 0.2) is 0 Å². The van der Waals surface area contributed by atoms with E-state index in [-0.39, 0.29) is 5.91 Å². The van der Waals surface area contributed by atoms with Crippen molar-refractivity contribution in [1.82, 2.24) is 0 Å². The van der Waals surface area contributed by atoms with Gasteiger partial charge >= 0.3 is 0 Å². The summed E-state index contributed by atoms with van der Waals surface area (Å²) >= 11 is 0. The van der Waals surface area contributed by atoms with Gasteiger partial charge in [-0.2, -0.15) is 0 Å². The molecule has 0 atom stereocenters. The molecule has 0 unspecified atom stereocenters. The molecule has 0 radical (unpaired) electrons. The fourth-order valence-corrected chi connectivity index (χ4v) is 3.60. The first kappa shape index (κ1) is 19.8. The zero-order chi connectivity index (χ0) is 18.4. The van der Waals surface area contributed by atoms with E-state index in [0.717, 1.165) is 54.7 Å². The van der Waals surface area contributed by atoms with E-state index in [0.29, 0.717) is 19.1 Å². The lowest BCUT2D eigenvalue weighted by atomic mass is 9.78. The Kier molecular flexibility index (Phi) is 6.88. The van der Waals surface area contributed by atoms with Crippen molar-refractivity contribution < 1.29 is 14.3 Å². The zero-order valence-electron chi connectivity index (χ0n) is 16.4. The molecule has 0 saturated heterocycles. The number of anilines is 1. The van der Waals surface area contributed by atoms with Crippen LogP contribution >= 0.6 is 0 Å². The van der Waals surface area contributed by atoms with E-state index in [1.54, 1.807) is 0 Å². The molecule has 140 valence electrons. The number of hydrogen-bond acceptors (Lipinski definition) is 3. The minimum Gasteiger partial charge on any atom is -0.493 e. The Hall–Kier alpha value is -1.55. The summed E-state index contributed by atoms with van der Waals surface area (Å²) in [5.74, 6) is 1.57. The van der Waals surface area contributed by atoms with Gasteiger partial charge in [0.1, 0.15) is 11.4 Å². The van der Waals surface area contributed by atoms with Gasteiger partial charge in [-0.15, -0.1) is 0 Å². The van der Waals surface area contributed by atoms with Crippen molar-refractivity contribution in [2.75, 3.05) is 18.5 Å². The fourth-order valence-electron chi connectivity index (χ4n) is 3.60. The molecule has 2 rings (SSSR count). The van der Waals surface area contributed by atoms with Crippen molar-refractivity contribution in [2.45, 2.75) is 72.3 Å². The van der Waals surface area contributed by atoms with Gasteiger partial charge in [-0.1, -0.05) is 13.8 Å². The van der Waals surface area contributed by atoms with Crippen LogP contribution in [0.3, 0.4) is 0 Å². The van der Waals surface area contributed by atoms with Crippen molar-refractivity contribution >= 4 is 11.6 Å². The predicted molar refractivity (Wildman–Crippen MR) is 102 cm³/mol. The van der Waals surface area contributed by atoms with Crippen molar-refractivity contribution in [1.29, 1.82) is 0 Å². The molecule has 1 aliphatic rings. The molecule has 0 spiro atoms. The Morgan fingerprint density at radius 2 is 1.80 bits per heavy atom. The van der Waals surface area contributed by atoms with Crippen molar-refractivity contribution in [2.24, 2.45) is 5.92 Å². The maximum atomic E-state index is 13.1. The van der Waals surface area contributed by atoms with E-state index in [9.17, 15) is 4.79 Å². The topological polar surface area (TPSA) is 47.6 Å². The van der Waals surface area contributed by atoms with Crippen LogP contribution in [0.1, 0.15) is 64.0 Å². The highest BCUT2D eigenvalue weighted by atomic mass is 16.5. The maximum Gasteiger partial charge on any atom is 0.256 e. The lowest BCUT2D eigenvalue weighted by molar-refractivity contribution is -0.147. The Labute approximate surface area is 152 Å². The Bertz CT molecular complexity index is 560. The molecule has 1 fully saturated rings. The second-order valence-electron chi connectivity index (χ2n) is 7.35. The monoisotopic (exact) mass is 347 g/mol. The van der Waals surface area contributed by atoms with Gasteiger partial charge < -0.3 is 14.8 Å². The predicted octanol–water partition coefficient (Wildman–Crippen LogP) is 5.02. The molecule has 4 nitrogen and oxygen atoms in total. The van der Waals surface area contributed by atoms with Crippen LogP contribution in [0, 0.1) is 19.8 Å².